The fourth-order valence-corrected chi connectivity index (χ4v) is 4.97. The zero-order chi connectivity index (χ0) is 22.7. The molecule has 1 amide bonds. The Kier molecular flexibility index (Phi) is 6.64. The van der Waals surface area contributed by atoms with Crippen molar-refractivity contribution >= 4 is 23.4 Å². The van der Waals surface area contributed by atoms with Crippen LogP contribution in [-0.2, 0) is 18.4 Å². The number of rotatable bonds is 8. The van der Waals surface area contributed by atoms with Crippen LogP contribution in [0.25, 0.3) is 5.69 Å². The third kappa shape index (κ3) is 4.29. The number of carbonyl (C=O) groups is 1. The van der Waals surface area contributed by atoms with Gasteiger partial charge in [0.05, 0.1) is 17.1 Å². The van der Waals surface area contributed by atoms with Gasteiger partial charge < -0.3 is 9.88 Å². The molecule has 0 aliphatic heterocycles. The Balaban J connectivity index is 1.49. The lowest BCUT2D eigenvalue weighted by Gasteiger charge is -2.11. The Morgan fingerprint density at radius 3 is 2.66 bits per heavy atom. The number of nitrogens with zero attached hydrogens (tertiary/aromatic N) is 5. The maximum atomic E-state index is 13.0. The first kappa shape index (κ1) is 22.1. The summed E-state index contributed by atoms with van der Waals surface area (Å²) in [7, 11) is 1.80. The van der Waals surface area contributed by atoms with Gasteiger partial charge in [-0.3, -0.25) is 14.3 Å². The summed E-state index contributed by atoms with van der Waals surface area (Å²) in [6, 6.07) is 9.36. The van der Waals surface area contributed by atoms with Gasteiger partial charge >= 0.3 is 0 Å². The van der Waals surface area contributed by atoms with Gasteiger partial charge in [0.25, 0.3) is 5.56 Å². The third-order valence-corrected chi connectivity index (χ3v) is 6.90. The quantitative estimate of drug-likeness (QED) is 0.416. The van der Waals surface area contributed by atoms with Crippen molar-refractivity contribution in [2.75, 3.05) is 11.1 Å². The highest BCUT2D eigenvalue weighted by atomic mass is 32.2. The first-order valence-electron chi connectivity index (χ1n) is 10.8. The molecule has 0 radical (unpaired) electrons. The zero-order valence-electron chi connectivity index (χ0n) is 18.5. The van der Waals surface area contributed by atoms with Crippen LogP contribution in [0.5, 0.6) is 0 Å². The molecule has 32 heavy (non-hydrogen) atoms. The summed E-state index contributed by atoms with van der Waals surface area (Å²) < 4.78 is 5.35. The molecular formula is C23H28N6O2S. The largest absolute Gasteiger partial charge is 0.319 e. The summed E-state index contributed by atoms with van der Waals surface area (Å²) in [5, 5.41) is 12.2. The van der Waals surface area contributed by atoms with Crippen LogP contribution < -0.4 is 10.9 Å². The third-order valence-electron chi connectivity index (χ3n) is 5.93. The predicted octanol–water partition coefficient (Wildman–Crippen LogP) is 3.65. The summed E-state index contributed by atoms with van der Waals surface area (Å²) in [6.07, 6.45) is 6.51. The molecule has 1 N–H and O–H groups in total. The number of anilines is 1. The number of amides is 1. The number of allylic oxidation sites excluding steroid dienone is 1. The Bertz CT molecular complexity index is 1170. The van der Waals surface area contributed by atoms with E-state index in [1.54, 1.807) is 16.4 Å². The number of hydrogen-bond donors (Lipinski definition) is 1. The summed E-state index contributed by atoms with van der Waals surface area (Å²) in [6.45, 7) is 6.28. The van der Waals surface area contributed by atoms with Crippen LogP contribution in [0, 0.1) is 6.92 Å². The number of aromatic nitrogens is 5. The number of nitrogens with one attached hydrogen (secondary N) is 1. The van der Waals surface area contributed by atoms with E-state index in [0.29, 0.717) is 29.0 Å². The van der Waals surface area contributed by atoms with Gasteiger partial charge in [-0.05, 0) is 31.9 Å². The summed E-state index contributed by atoms with van der Waals surface area (Å²) >= 11 is 1.33. The van der Waals surface area contributed by atoms with Gasteiger partial charge in [-0.25, -0.2) is 4.68 Å². The average Bonchev–Trinajstić information content (AvgIpc) is 3.50. The predicted molar refractivity (Wildman–Crippen MR) is 127 cm³/mol. The van der Waals surface area contributed by atoms with E-state index in [1.807, 2.05) is 43.3 Å². The number of para-hydroxylation sites is 1. The van der Waals surface area contributed by atoms with Crippen LogP contribution >= 0.6 is 11.8 Å². The van der Waals surface area contributed by atoms with Crippen molar-refractivity contribution in [1.29, 1.82) is 0 Å². The number of benzene rings is 1. The average molecular weight is 453 g/mol. The van der Waals surface area contributed by atoms with Crippen LogP contribution in [0.2, 0.25) is 0 Å². The fraction of sp³-hybridized carbons (Fsp3) is 0.391. The smallest absolute Gasteiger partial charge is 0.295 e. The van der Waals surface area contributed by atoms with Crippen LogP contribution in [0.4, 0.5) is 5.69 Å². The van der Waals surface area contributed by atoms with E-state index in [4.69, 9.17) is 0 Å². The van der Waals surface area contributed by atoms with Crippen molar-refractivity contribution in [3.8, 4) is 5.69 Å². The minimum atomic E-state index is -0.257. The maximum Gasteiger partial charge on any atom is 0.295 e. The lowest BCUT2D eigenvalue weighted by atomic mass is 10.1. The number of thioether (sulfide) groups is 1. The molecule has 0 atom stereocenters. The number of carbonyl (C=O) groups excluding carboxylic acids is 1. The van der Waals surface area contributed by atoms with E-state index in [0.717, 1.165) is 24.4 Å². The molecule has 3 aromatic rings. The van der Waals surface area contributed by atoms with E-state index in [2.05, 4.69) is 26.7 Å². The Morgan fingerprint density at radius 1 is 1.25 bits per heavy atom. The molecule has 4 rings (SSSR count). The molecule has 2 heterocycles. The van der Waals surface area contributed by atoms with E-state index < -0.39 is 0 Å². The van der Waals surface area contributed by atoms with Crippen molar-refractivity contribution in [3.05, 3.63) is 64.9 Å². The SMILES string of the molecule is C=CCn1c(SCC(=O)Nc2c(C)n(C)n(-c3ccccc3)c2=O)nnc1C1CCCC1. The van der Waals surface area contributed by atoms with Gasteiger partial charge in [-0.1, -0.05) is 48.9 Å². The molecule has 0 unspecified atom stereocenters. The summed E-state index contributed by atoms with van der Waals surface area (Å²) in [4.78, 5) is 25.7. The van der Waals surface area contributed by atoms with Crippen molar-refractivity contribution in [3.63, 3.8) is 0 Å². The highest BCUT2D eigenvalue weighted by Gasteiger charge is 2.25. The second-order valence-corrected chi connectivity index (χ2v) is 8.94. The summed E-state index contributed by atoms with van der Waals surface area (Å²) in [5.41, 5.74) is 1.47. The standard InChI is InChI=1S/C23H28N6O2S/c1-4-14-28-21(17-10-8-9-11-17)25-26-23(28)32-15-19(30)24-20-16(2)27(3)29(22(20)31)18-12-6-5-7-13-18/h4-7,12-13,17H,1,8-11,14-15H2,2-3H3,(H,24,30). The second-order valence-electron chi connectivity index (χ2n) is 7.99. The number of hydrogen-bond acceptors (Lipinski definition) is 5. The maximum absolute atomic E-state index is 13.0. The van der Waals surface area contributed by atoms with Crippen molar-refractivity contribution in [2.45, 2.75) is 50.2 Å². The zero-order valence-corrected chi connectivity index (χ0v) is 19.3. The van der Waals surface area contributed by atoms with E-state index in [-0.39, 0.29) is 17.2 Å². The van der Waals surface area contributed by atoms with Crippen molar-refractivity contribution < 1.29 is 4.79 Å². The molecule has 1 aromatic carbocycles. The molecule has 0 spiro atoms. The molecule has 1 fully saturated rings. The minimum absolute atomic E-state index is 0.138. The molecule has 1 saturated carbocycles. The van der Waals surface area contributed by atoms with Gasteiger partial charge in [0, 0.05) is 19.5 Å². The van der Waals surface area contributed by atoms with E-state index in [9.17, 15) is 9.59 Å². The highest BCUT2D eigenvalue weighted by Crippen LogP contribution is 2.34. The Hall–Kier alpha value is -3.07. The topological polar surface area (TPSA) is 86.7 Å². The molecule has 1 aliphatic carbocycles. The molecule has 0 saturated heterocycles. The van der Waals surface area contributed by atoms with Crippen LogP contribution in [0.1, 0.15) is 43.1 Å². The van der Waals surface area contributed by atoms with Crippen LogP contribution in [-0.4, -0.2) is 35.8 Å². The first-order chi connectivity index (χ1) is 15.5. The van der Waals surface area contributed by atoms with Gasteiger partial charge in [0.1, 0.15) is 11.5 Å². The Labute approximate surface area is 191 Å². The molecule has 2 aromatic heterocycles. The Morgan fingerprint density at radius 2 is 1.97 bits per heavy atom. The fourth-order valence-electron chi connectivity index (χ4n) is 4.21. The van der Waals surface area contributed by atoms with Crippen LogP contribution in [0.3, 0.4) is 0 Å². The van der Waals surface area contributed by atoms with Crippen molar-refractivity contribution in [1.82, 2.24) is 24.1 Å². The second kappa shape index (κ2) is 9.60. The van der Waals surface area contributed by atoms with Crippen molar-refractivity contribution in [2.24, 2.45) is 7.05 Å². The lowest BCUT2D eigenvalue weighted by Crippen LogP contribution is -2.23. The summed E-state index contributed by atoms with van der Waals surface area (Å²) in [5.74, 6) is 1.29. The van der Waals surface area contributed by atoms with Gasteiger partial charge in [0.2, 0.25) is 5.91 Å². The minimum Gasteiger partial charge on any atom is -0.319 e. The van der Waals surface area contributed by atoms with Gasteiger partial charge in [-0.2, -0.15) is 0 Å². The van der Waals surface area contributed by atoms with E-state index in [1.165, 1.54) is 24.6 Å². The molecule has 168 valence electrons. The molecular weight excluding hydrogens is 424 g/mol. The molecule has 0 bridgehead atoms. The van der Waals surface area contributed by atoms with Gasteiger partial charge in [0.15, 0.2) is 5.16 Å². The normalized spacial score (nSPS) is 14.1. The first-order valence-corrected chi connectivity index (χ1v) is 11.8. The van der Waals surface area contributed by atoms with E-state index >= 15 is 0 Å². The molecule has 1 aliphatic rings. The highest BCUT2D eigenvalue weighted by molar-refractivity contribution is 7.99. The lowest BCUT2D eigenvalue weighted by molar-refractivity contribution is -0.113. The van der Waals surface area contributed by atoms with Crippen LogP contribution in [0.15, 0.2) is 52.9 Å². The monoisotopic (exact) mass is 452 g/mol. The molecule has 8 nitrogen and oxygen atoms in total. The van der Waals surface area contributed by atoms with Gasteiger partial charge in [-0.15, -0.1) is 16.8 Å². The molecule has 9 heteroatoms.